The first-order valence-electron chi connectivity index (χ1n) is 5.64. The maximum absolute atomic E-state index is 11.5. The van der Waals surface area contributed by atoms with Gasteiger partial charge in [-0.3, -0.25) is 4.79 Å². The Kier molecular flexibility index (Phi) is 3.64. The number of hydrogen-bond donors (Lipinski definition) is 0. The molecule has 0 amide bonds. The van der Waals surface area contributed by atoms with Gasteiger partial charge in [-0.25, -0.2) is 0 Å². The number of hydrogen-bond acceptors (Lipinski definition) is 2. The van der Waals surface area contributed by atoms with Crippen molar-refractivity contribution in [3.05, 3.63) is 28.2 Å². The molecule has 2 nitrogen and oxygen atoms in total. The lowest BCUT2D eigenvalue weighted by atomic mass is 10.1. The van der Waals surface area contributed by atoms with E-state index in [4.69, 9.17) is 4.74 Å². The Labute approximate surface area is 104 Å². The van der Waals surface area contributed by atoms with Gasteiger partial charge in [-0.2, -0.15) is 0 Å². The Hall–Kier alpha value is -0.830. The molecule has 1 aromatic rings. The average Bonchev–Trinajstić information content (AvgIpc) is 2.73. The molecule has 0 N–H and O–H groups in total. The Morgan fingerprint density at radius 1 is 1.38 bits per heavy atom. The van der Waals surface area contributed by atoms with Crippen LogP contribution in [-0.2, 0) is 0 Å². The Balaban J connectivity index is 2.21. The predicted octanol–water partition coefficient (Wildman–Crippen LogP) is 3.97. The van der Waals surface area contributed by atoms with Gasteiger partial charge in [0.2, 0.25) is 0 Å². The zero-order chi connectivity index (χ0) is 11.5. The third-order valence-electron chi connectivity index (χ3n) is 2.92. The summed E-state index contributed by atoms with van der Waals surface area (Å²) in [6, 6.07) is 5.61. The van der Waals surface area contributed by atoms with Gasteiger partial charge in [-0.15, -0.1) is 0 Å². The summed E-state index contributed by atoms with van der Waals surface area (Å²) < 4.78 is 6.79. The molecule has 16 heavy (non-hydrogen) atoms. The Morgan fingerprint density at radius 2 is 2.06 bits per heavy atom. The van der Waals surface area contributed by atoms with Crippen LogP contribution in [0.4, 0.5) is 0 Å². The zero-order valence-electron chi connectivity index (χ0n) is 9.33. The molecule has 0 heterocycles. The van der Waals surface area contributed by atoms with Gasteiger partial charge in [-0.05, 0) is 50.8 Å². The van der Waals surface area contributed by atoms with Crippen LogP contribution < -0.4 is 4.74 Å². The van der Waals surface area contributed by atoms with Crippen LogP contribution in [0.3, 0.4) is 0 Å². The molecular formula is C13H15BrO2. The van der Waals surface area contributed by atoms with Gasteiger partial charge in [0, 0.05) is 4.47 Å². The maximum Gasteiger partial charge on any atom is 0.163 e. The number of ketones is 1. The molecule has 86 valence electrons. The Morgan fingerprint density at radius 3 is 2.69 bits per heavy atom. The van der Waals surface area contributed by atoms with Crippen molar-refractivity contribution in [3.8, 4) is 5.75 Å². The first-order valence-corrected chi connectivity index (χ1v) is 6.43. The number of rotatable bonds is 3. The highest BCUT2D eigenvalue weighted by atomic mass is 79.9. The molecule has 0 spiro atoms. The van der Waals surface area contributed by atoms with Gasteiger partial charge in [0.05, 0.1) is 11.7 Å². The van der Waals surface area contributed by atoms with Gasteiger partial charge < -0.3 is 4.74 Å². The quantitative estimate of drug-likeness (QED) is 0.784. The van der Waals surface area contributed by atoms with E-state index in [2.05, 4.69) is 15.9 Å². The Bertz CT molecular complexity index is 395. The van der Waals surface area contributed by atoms with Crippen LogP contribution in [0.25, 0.3) is 0 Å². The minimum Gasteiger partial charge on any atom is -0.490 e. The number of carbonyl (C=O) groups is 1. The van der Waals surface area contributed by atoms with Crippen molar-refractivity contribution >= 4 is 21.7 Å². The van der Waals surface area contributed by atoms with E-state index in [1.165, 1.54) is 12.8 Å². The minimum atomic E-state index is 0.0503. The van der Waals surface area contributed by atoms with Gasteiger partial charge in [0.15, 0.2) is 5.78 Å². The number of ether oxygens (including phenoxy) is 1. The topological polar surface area (TPSA) is 26.3 Å². The van der Waals surface area contributed by atoms with Crippen molar-refractivity contribution in [2.45, 2.75) is 38.7 Å². The number of carbonyl (C=O) groups excluding carboxylic acids is 1. The summed E-state index contributed by atoms with van der Waals surface area (Å²) in [7, 11) is 0. The number of benzene rings is 1. The molecule has 1 saturated carbocycles. The molecule has 0 radical (unpaired) electrons. The highest BCUT2D eigenvalue weighted by Crippen LogP contribution is 2.28. The second-order valence-corrected chi connectivity index (χ2v) is 5.14. The van der Waals surface area contributed by atoms with Crippen LogP contribution in [0.1, 0.15) is 43.0 Å². The fraction of sp³-hybridized carbons (Fsp3) is 0.462. The molecule has 2 rings (SSSR count). The van der Waals surface area contributed by atoms with Crippen molar-refractivity contribution in [3.63, 3.8) is 0 Å². The second-order valence-electron chi connectivity index (χ2n) is 4.22. The lowest BCUT2D eigenvalue weighted by Crippen LogP contribution is -2.13. The summed E-state index contributed by atoms with van der Waals surface area (Å²) >= 11 is 3.37. The standard InChI is InChI=1S/C13H15BrO2/c1-9(15)12-8-10(14)6-7-13(12)16-11-4-2-3-5-11/h6-8,11H,2-5H2,1H3. The minimum absolute atomic E-state index is 0.0503. The molecule has 1 aliphatic rings. The molecule has 1 fully saturated rings. The van der Waals surface area contributed by atoms with Crippen LogP contribution in [0.5, 0.6) is 5.75 Å². The average molecular weight is 283 g/mol. The largest absolute Gasteiger partial charge is 0.490 e. The summed E-state index contributed by atoms with van der Waals surface area (Å²) in [6.07, 6.45) is 4.97. The van der Waals surface area contributed by atoms with Crippen molar-refractivity contribution in [2.24, 2.45) is 0 Å². The van der Waals surface area contributed by atoms with Crippen molar-refractivity contribution in [1.29, 1.82) is 0 Å². The molecule has 0 bridgehead atoms. The van der Waals surface area contributed by atoms with Crippen molar-refractivity contribution < 1.29 is 9.53 Å². The smallest absolute Gasteiger partial charge is 0.163 e. The van der Waals surface area contributed by atoms with E-state index in [1.807, 2.05) is 18.2 Å². The lowest BCUT2D eigenvalue weighted by molar-refractivity contribution is 0.101. The fourth-order valence-corrected chi connectivity index (χ4v) is 2.43. The third-order valence-corrected chi connectivity index (χ3v) is 3.41. The first-order chi connectivity index (χ1) is 7.66. The van der Waals surface area contributed by atoms with Crippen LogP contribution in [0.15, 0.2) is 22.7 Å². The monoisotopic (exact) mass is 282 g/mol. The highest BCUT2D eigenvalue weighted by molar-refractivity contribution is 9.10. The second kappa shape index (κ2) is 5.00. The van der Waals surface area contributed by atoms with Gasteiger partial charge in [-0.1, -0.05) is 15.9 Å². The lowest BCUT2D eigenvalue weighted by Gasteiger charge is -2.15. The zero-order valence-corrected chi connectivity index (χ0v) is 10.9. The summed E-state index contributed by atoms with van der Waals surface area (Å²) in [5, 5.41) is 0. The molecule has 1 aromatic carbocycles. The van der Waals surface area contributed by atoms with E-state index in [0.717, 1.165) is 23.1 Å². The summed E-state index contributed by atoms with van der Waals surface area (Å²) in [6.45, 7) is 1.57. The number of Topliss-reactive ketones (excluding diaryl/α,β-unsaturated/α-hetero) is 1. The predicted molar refractivity (Wildman–Crippen MR) is 67.0 cm³/mol. The van der Waals surface area contributed by atoms with Crippen molar-refractivity contribution in [2.75, 3.05) is 0 Å². The SMILES string of the molecule is CC(=O)c1cc(Br)ccc1OC1CCCC1. The van der Waals surface area contributed by atoms with E-state index in [-0.39, 0.29) is 5.78 Å². The molecule has 0 unspecified atom stereocenters. The molecule has 0 saturated heterocycles. The van der Waals surface area contributed by atoms with E-state index < -0.39 is 0 Å². The van der Waals surface area contributed by atoms with E-state index in [1.54, 1.807) is 6.92 Å². The van der Waals surface area contributed by atoms with Gasteiger partial charge >= 0.3 is 0 Å². The van der Waals surface area contributed by atoms with Gasteiger partial charge in [0.1, 0.15) is 5.75 Å². The normalized spacial score (nSPS) is 16.4. The van der Waals surface area contributed by atoms with Crippen LogP contribution in [0, 0.1) is 0 Å². The van der Waals surface area contributed by atoms with Crippen molar-refractivity contribution in [1.82, 2.24) is 0 Å². The summed E-state index contributed by atoms with van der Waals surface area (Å²) in [5.74, 6) is 0.775. The van der Waals surface area contributed by atoms with Crippen LogP contribution in [0.2, 0.25) is 0 Å². The molecule has 0 atom stereocenters. The molecule has 3 heteroatoms. The molecular weight excluding hydrogens is 268 g/mol. The summed E-state index contributed by atoms with van der Waals surface area (Å²) in [5.41, 5.74) is 0.668. The molecule has 0 aliphatic heterocycles. The molecule has 1 aliphatic carbocycles. The first kappa shape index (κ1) is 11.6. The van der Waals surface area contributed by atoms with Crippen LogP contribution >= 0.6 is 15.9 Å². The van der Waals surface area contributed by atoms with E-state index >= 15 is 0 Å². The van der Waals surface area contributed by atoms with E-state index in [9.17, 15) is 4.79 Å². The summed E-state index contributed by atoms with van der Waals surface area (Å²) in [4.78, 5) is 11.5. The highest BCUT2D eigenvalue weighted by Gasteiger charge is 2.19. The number of halogens is 1. The van der Waals surface area contributed by atoms with Gasteiger partial charge in [0.25, 0.3) is 0 Å². The van der Waals surface area contributed by atoms with Crippen LogP contribution in [-0.4, -0.2) is 11.9 Å². The fourth-order valence-electron chi connectivity index (χ4n) is 2.07. The molecule has 0 aromatic heterocycles. The maximum atomic E-state index is 11.5. The third kappa shape index (κ3) is 2.64. The van der Waals surface area contributed by atoms with E-state index in [0.29, 0.717) is 11.7 Å².